The molecule has 4 heterocycles. The predicted octanol–water partition coefficient (Wildman–Crippen LogP) is 5.15. The number of rotatable bonds is 4. The van der Waals surface area contributed by atoms with E-state index in [1.54, 1.807) is 0 Å². The lowest BCUT2D eigenvalue weighted by atomic mass is 10.1. The minimum Gasteiger partial charge on any atom is -0.454 e. The molecule has 0 saturated carbocycles. The smallest absolute Gasteiger partial charge is 0.231 e. The van der Waals surface area contributed by atoms with Gasteiger partial charge in [0.25, 0.3) is 0 Å². The van der Waals surface area contributed by atoms with Gasteiger partial charge in [-0.1, -0.05) is 17.7 Å². The normalized spacial score (nSPS) is 14.8. The zero-order valence-corrected chi connectivity index (χ0v) is 18.6. The van der Waals surface area contributed by atoms with Gasteiger partial charge in [-0.25, -0.2) is 9.97 Å². The fourth-order valence-electron chi connectivity index (χ4n) is 4.26. The third-order valence-electron chi connectivity index (χ3n) is 5.98. The number of nitrogens with zero attached hydrogens (tertiary/aromatic N) is 4. The monoisotopic (exact) mass is 456 g/mol. The maximum Gasteiger partial charge on any atom is 0.231 e. The van der Waals surface area contributed by atoms with Crippen molar-refractivity contribution in [1.29, 1.82) is 0 Å². The molecule has 2 aromatic heterocycles. The molecular weight excluding hydrogens is 436 g/mol. The maximum atomic E-state index is 6.00. The first-order valence-corrected chi connectivity index (χ1v) is 11.3. The number of pyridine rings is 1. The lowest BCUT2D eigenvalue weighted by molar-refractivity contribution is 0.174. The molecule has 2 aromatic carbocycles. The lowest BCUT2D eigenvalue weighted by Gasteiger charge is -2.27. The molecule has 0 spiro atoms. The molecule has 0 atom stereocenters. The zero-order chi connectivity index (χ0) is 22.2. The SMILES string of the molecule is Clc1ccc(-c2ncc3c(n2)CCN(Cc2cccc(-c4ccc5c(c4)OCO5)n2)C3)cc1. The first kappa shape index (κ1) is 20.1. The second kappa shape index (κ2) is 8.46. The largest absolute Gasteiger partial charge is 0.454 e. The summed E-state index contributed by atoms with van der Waals surface area (Å²) in [7, 11) is 0. The molecule has 0 fully saturated rings. The summed E-state index contributed by atoms with van der Waals surface area (Å²) < 4.78 is 10.9. The van der Waals surface area contributed by atoms with Gasteiger partial charge in [-0.15, -0.1) is 0 Å². The standard InChI is InChI=1S/C26H21ClN4O2/c27-20-7-4-17(5-8-20)26-28-13-19-14-31(11-10-23(19)30-26)15-21-2-1-3-22(29-21)18-6-9-24-25(12-18)33-16-32-24/h1-9,12-13H,10-11,14-16H2. The Morgan fingerprint density at radius 1 is 0.909 bits per heavy atom. The first-order valence-electron chi connectivity index (χ1n) is 10.9. The van der Waals surface area contributed by atoms with Crippen LogP contribution in [-0.2, 0) is 19.5 Å². The van der Waals surface area contributed by atoms with E-state index in [0.29, 0.717) is 5.02 Å². The molecule has 6 rings (SSSR count). The number of fused-ring (bicyclic) bond motifs is 2. The average molecular weight is 457 g/mol. The van der Waals surface area contributed by atoms with Gasteiger partial charge < -0.3 is 9.47 Å². The molecule has 0 bridgehead atoms. The second-order valence-electron chi connectivity index (χ2n) is 8.22. The summed E-state index contributed by atoms with van der Waals surface area (Å²) in [5.41, 5.74) is 6.26. The van der Waals surface area contributed by atoms with Crippen molar-refractivity contribution in [3.63, 3.8) is 0 Å². The number of hydrogen-bond acceptors (Lipinski definition) is 6. The molecule has 0 aliphatic carbocycles. The highest BCUT2D eigenvalue weighted by Gasteiger charge is 2.20. The van der Waals surface area contributed by atoms with Gasteiger partial charge in [0.05, 0.1) is 17.1 Å². The van der Waals surface area contributed by atoms with Crippen LogP contribution in [0, 0.1) is 0 Å². The Labute approximate surface area is 196 Å². The van der Waals surface area contributed by atoms with E-state index in [2.05, 4.69) is 22.0 Å². The number of aromatic nitrogens is 3. The molecule has 2 aliphatic heterocycles. The summed E-state index contributed by atoms with van der Waals surface area (Å²) in [6.45, 7) is 2.79. The van der Waals surface area contributed by atoms with E-state index in [-0.39, 0.29) is 6.79 Å². The Kier molecular flexibility index (Phi) is 5.17. The predicted molar refractivity (Wildman–Crippen MR) is 126 cm³/mol. The van der Waals surface area contributed by atoms with Crippen LogP contribution in [0.25, 0.3) is 22.6 Å². The fourth-order valence-corrected chi connectivity index (χ4v) is 4.39. The van der Waals surface area contributed by atoms with E-state index in [1.807, 2.05) is 54.7 Å². The average Bonchev–Trinajstić information content (AvgIpc) is 3.32. The number of halogens is 1. The third kappa shape index (κ3) is 4.15. The van der Waals surface area contributed by atoms with E-state index < -0.39 is 0 Å². The first-order chi connectivity index (χ1) is 16.2. The minimum atomic E-state index is 0.271. The highest BCUT2D eigenvalue weighted by Crippen LogP contribution is 2.35. The molecule has 33 heavy (non-hydrogen) atoms. The van der Waals surface area contributed by atoms with Gasteiger partial charge in [-0.3, -0.25) is 9.88 Å². The van der Waals surface area contributed by atoms with Crippen LogP contribution < -0.4 is 9.47 Å². The summed E-state index contributed by atoms with van der Waals surface area (Å²) in [4.78, 5) is 16.7. The maximum absolute atomic E-state index is 6.00. The van der Waals surface area contributed by atoms with Crippen LogP contribution in [0.2, 0.25) is 5.02 Å². The van der Waals surface area contributed by atoms with E-state index in [9.17, 15) is 0 Å². The Bertz CT molecular complexity index is 1330. The van der Waals surface area contributed by atoms with Crippen LogP contribution >= 0.6 is 11.6 Å². The van der Waals surface area contributed by atoms with Gasteiger partial charge in [-0.2, -0.15) is 0 Å². The van der Waals surface area contributed by atoms with Crippen molar-refractivity contribution in [2.24, 2.45) is 0 Å². The van der Waals surface area contributed by atoms with Crippen molar-refractivity contribution in [2.75, 3.05) is 13.3 Å². The van der Waals surface area contributed by atoms with E-state index >= 15 is 0 Å². The van der Waals surface area contributed by atoms with Crippen LogP contribution in [0.15, 0.2) is 66.9 Å². The van der Waals surface area contributed by atoms with Gasteiger partial charge in [0, 0.05) is 54.0 Å². The van der Waals surface area contributed by atoms with Gasteiger partial charge >= 0.3 is 0 Å². The number of ether oxygens (including phenoxy) is 2. The van der Waals surface area contributed by atoms with E-state index in [1.165, 1.54) is 5.56 Å². The third-order valence-corrected chi connectivity index (χ3v) is 6.23. The summed E-state index contributed by atoms with van der Waals surface area (Å²) in [6.07, 6.45) is 2.84. The number of hydrogen-bond donors (Lipinski definition) is 0. The molecule has 0 N–H and O–H groups in total. The van der Waals surface area contributed by atoms with Crippen LogP contribution in [0.1, 0.15) is 17.0 Å². The molecule has 6 nitrogen and oxygen atoms in total. The molecule has 7 heteroatoms. The Balaban J connectivity index is 1.18. The quantitative estimate of drug-likeness (QED) is 0.423. The van der Waals surface area contributed by atoms with Gasteiger partial charge in [0.2, 0.25) is 6.79 Å². The van der Waals surface area contributed by atoms with E-state index in [4.69, 9.17) is 31.0 Å². The minimum absolute atomic E-state index is 0.271. The highest BCUT2D eigenvalue weighted by molar-refractivity contribution is 6.30. The Morgan fingerprint density at radius 2 is 1.76 bits per heavy atom. The molecule has 0 saturated heterocycles. The van der Waals surface area contributed by atoms with Crippen molar-refractivity contribution in [2.45, 2.75) is 19.5 Å². The van der Waals surface area contributed by atoms with Crippen molar-refractivity contribution >= 4 is 11.6 Å². The Hall–Kier alpha value is -3.48. The number of benzene rings is 2. The fraction of sp³-hybridized carbons (Fsp3) is 0.192. The molecule has 0 radical (unpaired) electrons. The summed E-state index contributed by atoms with van der Waals surface area (Å²) >= 11 is 6.00. The van der Waals surface area contributed by atoms with E-state index in [0.717, 1.165) is 71.6 Å². The van der Waals surface area contributed by atoms with Crippen LogP contribution in [0.3, 0.4) is 0 Å². The van der Waals surface area contributed by atoms with Crippen LogP contribution in [0.5, 0.6) is 11.5 Å². The summed E-state index contributed by atoms with van der Waals surface area (Å²) in [5, 5.41) is 0.712. The van der Waals surface area contributed by atoms with Crippen molar-refractivity contribution in [1.82, 2.24) is 19.9 Å². The van der Waals surface area contributed by atoms with Gasteiger partial charge in [0.15, 0.2) is 17.3 Å². The lowest BCUT2D eigenvalue weighted by Crippen LogP contribution is -2.31. The molecule has 164 valence electrons. The molecule has 0 unspecified atom stereocenters. The second-order valence-corrected chi connectivity index (χ2v) is 8.65. The highest BCUT2D eigenvalue weighted by atomic mass is 35.5. The van der Waals surface area contributed by atoms with Gasteiger partial charge in [-0.05, 0) is 54.6 Å². The molecule has 0 amide bonds. The van der Waals surface area contributed by atoms with Crippen molar-refractivity contribution in [3.8, 4) is 34.1 Å². The summed E-state index contributed by atoms with van der Waals surface area (Å²) in [5.74, 6) is 2.30. The molecular formula is C26H21ClN4O2. The zero-order valence-electron chi connectivity index (χ0n) is 17.9. The topological polar surface area (TPSA) is 60.4 Å². The Morgan fingerprint density at radius 3 is 2.67 bits per heavy atom. The van der Waals surface area contributed by atoms with Crippen molar-refractivity contribution < 1.29 is 9.47 Å². The molecule has 4 aromatic rings. The van der Waals surface area contributed by atoms with Crippen LogP contribution in [-0.4, -0.2) is 33.2 Å². The van der Waals surface area contributed by atoms with Crippen LogP contribution in [0.4, 0.5) is 0 Å². The summed E-state index contributed by atoms with van der Waals surface area (Å²) in [6, 6.07) is 19.8. The molecule has 2 aliphatic rings. The van der Waals surface area contributed by atoms with Gasteiger partial charge in [0.1, 0.15) is 0 Å². The van der Waals surface area contributed by atoms with Crippen molar-refractivity contribution in [3.05, 3.63) is 88.8 Å².